The number of benzene rings is 2. The van der Waals surface area contributed by atoms with Crippen LogP contribution in [0.2, 0.25) is 5.02 Å². The molecule has 1 atom stereocenters. The first-order chi connectivity index (χ1) is 11.4. The normalized spacial score (nSPS) is 13.2. The molecular weight excluding hydrogens is 338 g/mol. The van der Waals surface area contributed by atoms with Gasteiger partial charge < -0.3 is 15.4 Å². The summed E-state index contributed by atoms with van der Waals surface area (Å²) in [6, 6.07) is 9.62. The van der Waals surface area contributed by atoms with Crippen molar-refractivity contribution in [3.05, 3.63) is 64.7 Å². The van der Waals surface area contributed by atoms with E-state index < -0.39 is 29.0 Å². The third-order valence-electron chi connectivity index (χ3n) is 3.67. The molecule has 24 heavy (non-hydrogen) atoms. The number of carbonyl (C=O) groups excluding carboxylic acids is 1. The van der Waals surface area contributed by atoms with Crippen LogP contribution in [0.15, 0.2) is 42.5 Å². The minimum atomic E-state index is -0.852. The number of urea groups is 1. The molecule has 0 aromatic heterocycles. The smallest absolute Gasteiger partial charge is 0.319 e. The van der Waals surface area contributed by atoms with Gasteiger partial charge in [0.15, 0.2) is 0 Å². The second kappa shape index (κ2) is 7.59. The topological polar surface area (TPSA) is 50.4 Å². The van der Waals surface area contributed by atoms with E-state index in [0.717, 1.165) is 17.7 Å². The first-order valence-electron chi connectivity index (χ1n) is 7.16. The van der Waals surface area contributed by atoms with Crippen molar-refractivity contribution in [3.8, 4) is 0 Å². The van der Waals surface area contributed by atoms with Crippen LogP contribution in [-0.4, -0.2) is 19.7 Å². The molecule has 0 saturated carbocycles. The van der Waals surface area contributed by atoms with E-state index in [-0.39, 0.29) is 6.54 Å². The molecule has 0 aliphatic carbocycles. The summed E-state index contributed by atoms with van der Waals surface area (Å²) in [6.45, 7) is 1.84. The lowest BCUT2D eigenvalue weighted by molar-refractivity contribution is 0.00521. The van der Waals surface area contributed by atoms with Crippen LogP contribution in [0.4, 0.5) is 19.3 Å². The molecule has 4 nitrogen and oxygen atoms in total. The van der Waals surface area contributed by atoms with Gasteiger partial charge in [-0.25, -0.2) is 13.6 Å². The highest BCUT2D eigenvalue weighted by molar-refractivity contribution is 6.30. The summed E-state index contributed by atoms with van der Waals surface area (Å²) in [5, 5.41) is 5.24. The summed E-state index contributed by atoms with van der Waals surface area (Å²) in [5.74, 6) is -1.70. The summed E-state index contributed by atoms with van der Waals surface area (Å²) >= 11 is 5.97. The quantitative estimate of drug-likeness (QED) is 0.841. The molecule has 0 unspecified atom stereocenters. The summed E-state index contributed by atoms with van der Waals surface area (Å²) in [4.78, 5) is 11.9. The Hall–Kier alpha value is -2.18. The molecule has 0 aliphatic heterocycles. The zero-order valence-corrected chi connectivity index (χ0v) is 14.0. The number of nitrogens with one attached hydrogen (secondary N) is 2. The third kappa shape index (κ3) is 4.21. The second-order valence-electron chi connectivity index (χ2n) is 5.35. The van der Waals surface area contributed by atoms with Gasteiger partial charge in [-0.1, -0.05) is 29.8 Å². The van der Waals surface area contributed by atoms with Crippen molar-refractivity contribution in [3.63, 3.8) is 0 Å². The molecule has 2 N–H and O–H groups in total. The summed E-state index contributed by atoms with van der Waals surface area (Å²) in [7, 11) is 1.50. The summed E-state index contributed by atoms with van der Waals surface area (Å²) < 4.78 is 32.6. The number of halogens is 3. The van der Waals surface area contributed by atoms with Gasteiger partial charge in [-0.3, -0.25) is 0 Å². The molecule has 0 radical (unpaired) electrons. The van der Waals surface area contributed by atoms with Gasteiger partial charge in [0.1, 0.15) is 22.9 Å². The number of anilines is 1. The molecule has 2 rings (SSSR count). The molecule has 0 saturated heterocycles. The van der Waals surface area contributed by atoms with E-state index in [4.69, 9.17) is 16.3 Å². The molecule has 0 heterocycles. The molecule has 0 aliphatic rings. The molecular formula is C17H17ClF2N2O2. The van der Waals surface area contributed by atoms with Crippen LogP contribution < -0.4 is 10.6 Å². The SMILES string of the molecule is CO[C@](C)(CNC(=O)Nc1c(F)cccc1F)c1cccc(Cl)c1. The summed E-state index contributed by atoms with van der Waals surface area (Å²) in [5.41, 5.74) is -0.595. The molecule has 2 amide bonds. The van der Waals surface area contributed by atoms with Crippen LogP contribution in [-0.2, 0) is 10.3 Å². The first kappa shape index (κ1) is 18.2. The molecule has 2 aromatic rings. The van der Waals surface area contributed by atoms with E-state index in [1.54, 1.807) is 25.1 Å². The fourth-order valence-electron chi connectivity index (χ4n) is 2.13. The highest BCUT2D eigenvalue weighted by Crippen LogP contribution is 2.26. The van der Waals surface area contributed by atoms with Gasteiger partial charge in [0.25, 0.3) is 0 Å². The molecule has 2 aromatic carbocycles. The Morgan fingerprint density at radius 3 is 2.42 bits per heavy atom. The Balaban J connectivity index is 2.06. The van der Waals surface area contributed by atoms with E-state index in [2.05, 4.69) is 10.6 Å². The minimum Gasteiger partial charge on any atom is -0.372 e. The largest absolute Gasteiger partial charge is 0.372 e. The maximum atomic E-state index is 13.5. The van der Waals surface area contributed by atoms with Crippen molar-refractivity contribution in [1.82, 2.24) is 5.32 Å². The molecule has 0 bridgehead atoms. The van der Waals surface area contributed by atoms with Crippen molar-refractivity contribution in [2.75, 3.05) is 19.0 Å². The summed E-state index contributed by atoms with van der Waals surface area (Å²) in [6.07, 6.45) is 0. The van der Waals surface area contributed by atoms with E-state index in [0.29, 0.717) is 5.02 Å². The molecule has 7 heteroatoms. The number of ether oxygens (including phenoxy) is 1. The zero-order chi connectivity index (χ0) is 17.7. The van der Waals surface area contributed by atoms with E-state index in [1.807, 2.05) is 6.07 Å². The minimum absolute atomic E-state index is 0.0751. The van der Waals surface area contributed by atoms with Crippen molar-refractivity contribution in [2.45, 2.75) is 12.5 Å². The molecule has 128 valence electrons. The van der Waals surface area contributed by atoms with Gasteiger partial charge in [0.05, 0.1) is 6.54 Å². The number of amides is 2. The molecule has 0 fully saturated rings. The maximum absolute atomic E-state index is 13.5. The van der Waals surface area contributed by atoms with Crippen LogP contribution >= 0.6 is 11.6 Å². The fraction of sp³-hybridized carbons (Fsp3) is 0.235. The standard InChI is InChI=1S/C17H17ClF2N2O2/c1-17(24-2,11-5-3-6-12(18)9-11)10-21-16(23)22-15-13(19)7-4-8-14(15)20/h3-9H,10H2,1-2H3,(H2,21,22,23)/t17-/m1/s1. The second-order valence-corrected chi connectivity index (χ2v) is 5.79. The van der Waals surface area contributed by atoms with Gasteiger partial charge >= 0.3 is 6.03 Å². The Morgan fingerprint density at radius 2 is 1.83 bits per heavy atom. The van der Waals surface area contributed by atoms with Gasteiger partial charge in [0, 0.05) is 12.1 Å². The van der Waals surface area contributed by atoms with E-state index in [1.165, 1.54) is 13.2 Å². The van der Waals surface area contributed by atoms with E-state index in [9.17, 15) is 13.6 Å². The van der Waals surface area contributed by atoms with Gasteiger partial charge in [-0.15, -0.1) is 0 Å². The number of rotatable bonds is 5. The fourth-order valence-corrected chi connectivity index (χ4v) is 2.32. The predicted octanol–water partition coefficient (Wildman–Crippen LogP) is 4.30. The van der Waals surface area contributed by atoms with Crippen LogP contribution in [0.1, 0.15) is 12.5 Å². The highest BCUT2D eigenvalue weighted by Gasteiger charge is 2.27. The zero-order valence-electron chi connectivity index (χ0n) is 13.2. The Morgan fingerprint density at radius 1 is 1.21 bits per heavy atom. The monoisotopic (exact) mass is 354 g/mol. The van der Waals surface area contributed by atoms with Gasteiger partial charge in [-0.05, 0) is 36.8 Å². The number of para-hydroxylation sites is 1. The lowest BCUT2D eigenvalue weighted by atomic mass is 9.96. The number of hydrogen-bond acceptors (Lipinski definition) is 2. The first-order valence-corrected chi connectivity index (χ1v) is 7.53. The lowest BCUT2D eigenvalue weighted by Crippen LogP contribution is -2.42. The lowest BCUT2D eigenvalue weighted by Gasteiger charge is -2.29. The highest BCUT2D eigenvalue weighted by atomic mass is 35.5. The Labute approximate surface area is 143 Å². The third-order valence-corrected chi connectivity index (χ3v) is 3.91. The van der Waals surface area contributed by atoms with Crippen LogP contribution in [0.3, 0.4) is 0 Å². The van der Waals surface area contributed by atoms with Gasteiger partial charge in [0.2, 0.25) is 0 Å². The van der Waals surface area contributed by atoms with Crippen molar-refractivity contribution < 1.29 is 18.3 Å². The van der Waals surface area contributed by atoms with Crippen molar-refractivity contribution >= 4 is 23.3 Å². The number of methoxy groups -OCH3 is 1. The maximum Gasteiger partial charge on any atom is 0.319 e. The van der Waals surface area contributed by atoms with Gasteiger partial charge in [-0.2, -0.15) is 0 Å². The Bertz CT molecular complexity index is 722. The average molecular weight is 355 g/mol. The predicted molar refractivity (Wildman–Crippen MR) is 89.2 cm³/mol. The van der Waals surface area contributed by atoms with Crippen LogP contribution in [0.25, 0.3) is 0 Å². The van der Waals surface area contributed by atoms with Crippen LogP contribution in [0.5, 0.6) is 0 Å². The molecule has 0 spiro atoms. The number of carbonyl (C=O) groups is 1. The number of hydrogen-bond donors (Lipinski definition) is 2. The Kier molecular flexibility index (Phi) is 5.75. The van der Waals surface area contributed by atoms with Crippen molar-refractivity contribution in [2.24, 2.45) is 0 Å². The average Bonchev–Trinajstić information content (AvgIpc) is 2.56. The van der Waals surface area contributed by atoms with E-state index >= 15 is 0 Å². The van der Waals surface area contributed by atoms with Crippen molar-refractivity contribution in [1.29, 1.82) is 0 Å². The van der Waals surface area contributed by atoms with Crippen LogP contribution in [0, 0.1) is 11.6 Å².